The molecule has 2 aromatic rings. The molecule has 0 N–H and O–H groups in total. The molecule has 1 aromatic carbocycles. The van der Waals surface area contributed by atoms with Crippen LogP contribution in [0.4, 0.5) is 0 Å². The number of fused-ring (bicyclic) bond motifs is 1. The van der Waals surface area contributed by atoms with Gasteiger partial charge in [0.15, 0.2) is 14.6 Å². The fourth-order valence-corrected chi connectivity index (χ4v) is 5.04. The molecule has 2 amide bonds. The van der Waals surface area contributed by atoms with Crippen LogP contribution in [0.3, 0.4) is 0 Å². The van der Waals surface area contributed by atoms with E-state index < -0.39 is 33.2 Å². The fourth-order valence-electron chi connectivity index (χ4n) is 2.88. The van der Waals surface area contributed by atoms with E-state index in [1.165, 1.54) is 16.2 Å². The van der Waals surface area contributed by atoms with Crippen molar-refractivity contribution < 1.29 is 22.7 Å². The lowest BCUT2D eigenvalue weighted by Gasteiger charge is -2.26. The molecule has 8 nitrogen and oxygen atoms in total. The van der Waals surface area contributed by atoms with Crippen molar-refractivity contribution in [1.82, 2.24) is 9.47 Å². The van der Waals surface area contributed by atoms with Crippen LogP contribution >= 0.6 is 11.3 Å². The molecule has 10 heteroatoms. The van der Waals surface area contributed by atoms with Gasteiger partial charge in [-0.2, -0.15) is 4.99 Å². The molecule has 28 heavy (non-hydrogen) atoms. The Kier molecular flexibility index (Phi) is 6.42. The van der Waals surface area contributed by atoms with Crippen LogP contribution in [0.2, 0.25) is 0 Å². The molecular weight excluding hydrogens is 402 g/mol. The number of hydrogen-bond acceptors (Lipinski definition) is 6. The first-order valence-electron chi connectivity index (χ1n) is 8.72. The van der Waals surface area contributed by atoms with Crippen molar-refractivity contribution in [3.05, 3.63) is 41.7 Å². The molecule has 150 valence electrons. The number of aromatic nitrogens is 1. The highest BCUT2D eigenvalue weighted by Gasteiger charge is 2.25. The number of sulfone groups is 1. The molecular formula is C18H21N3O5S2. The van der Waals surface area contributed by atoms with Crippen molar-refractivity contribution in [2.24, 2.45) is 4.99 Å². The Morgan fingerprint density at radius 1 is 1.21 bits per heavy atom. The molecule has 0 radical (unpaired) electrons. The van der Waals surface area contributed by atoms with Crippen LogP contribution in [0.5, 0.6) is 0 Å². The maximum Gasteiger partial charge on any atom is 0.263 e. The van der Waals surface area contributed by atoms with Crippen LogP contribution in [0.25, 0.3) is 10.2 Å². The van der Waals surface area contributed by atoms with Gasteiger partial charge in [-0.15, -0.1) is 6.58 Å². The standard InChI is InChI=1S/C18H21N3O5S2/c1-2-7-21-14-5-3-4-6-15(14)27-18(21)19-16(22)12-28(24,25)13-17(23)20-8-10-26-11-9-20/h2-6H,1,7-13H2. The number of amides is 2. The Balaban J connectivity index is 1.77. The highest BCUT2D eigenvalue weighted by molar-refractivity contribution is 7.92. The second-order valence-electron chi connectivity index (χ2n) is 6.28. The van der Waals surface area contributed by atoms with Crippen LogP contribution in [-0.2, 0) is 30.7 Å². The molecule has 0 saturated carbocycles. The number of nitrogens with zero attached hydrogens (tertiary/aromatic N) is 3. The number of ether oxygens (including phenoxy) is 1. The van der Waals surface area contributed by atoms with Gasteiger partial charge in [-0.05, 0) is 12.1 Å². The summed E-state index contributed by atoms with van der Waals surface area (Å²) in [4.78, 5) is 30.3. The maximum atomic E-state index is 12.3. The van der Waals surface area contributed by atoms with Crippen molar-refractivity contribution in [1.29, 1.82) is 0 Å². The summed E-state index contributed by atoms with van der Waals surface area (Å²) in [6.45, 7) is 5.63. The molecule has 1 fully saturated rings. The van der Waals surface area contributed by atoms with E-state index in [2.05, 4.69) is 11.6 Å². The first kappa shape index (κ1) is 20.4. The van der Waals surface area contributed by atoms with Crippen molar-refractivity contribution >= 4 is 43.2 Å². The summed E-state index contributed by atoms with van der Waals surface area (Å²) in [5.41, 5.74) is 0.893. The summed E-state index contributed by atoms with van der Waals surface area (Å²) in [6.07, 6.45) is 1.68. The Morgan fingerprint density at radius 3 is 2.64 bits per heavy atom. The lowest BCUT2D eigenvalue weighted by molar-refractivity contribution is -0.132. The zero-order valence-electron chi connectivity index (χ0n) is 15.2. The number of carbonyl (C=O) groups excluding carboxylic acids is 2. The van der Waals surface area contributed by atoms with Gasteiger partial charge in [0.1, 0.15) is 11.5 Å². The van der Waals surface area contributed by atoms with Crippen LogP contribution in [0, 0.1) is 0 Å². The number of thiazole rings is 1. The zero-order chi connectivity index (χ0) is 20.1. The van der Waals surface area contributed by atoms with E-state index in [1.807, 2.05) is 24.3 Å². The average molecular weight is 424 g/mol. The van der Waals surface area contributed by atoms with Gasteiger partial charge in [-0.1, -0.05) is 29.5 Å². The van der Waals surface area contributed by atoms with E-state index in [1.54, 1.807) is 10.6 Å². The van der Waals surface area contributed by atoms with Gasteiger partial charge in [-0.3, -0.25) is 9.59 Å². The van der Waals surface area contributed by atoms with E-state index >= 15 is 0 Å². The Bertz CT molecular complexity index is 1060. The van der Waals surface area contributed by atoms with Gasteiger partial charge in [-0.25, -0.2) is 8.42 Å². The van der Waals surface area contributed by atoms with Gasteiger partial charge in [0.2, 0.25) is 5.91 Å². The first-order chi connectivity index (χ1) is 13.4. The SMILES string of the molecule is C=CCn1c(=NC(=O)CS(=O)(=O)CC(=O)N2CCOCC2)sc2ccccc21. The monoisotopic (exact) mass is 423 g/mol. The van der Waals surface area contributed by atoms with E-state index in [-0.39, 0.29) is 0 Å². The highest BCUT2D eigenvalue weighted by atomic mass is 32.2. The van der Waals surface area contributed by atoms with Gasteiger partial charge in [0.25, 0.3) is 5.91 Å². The van der Waals surface area contributed by atoms with E-state index in [9.17, 15) is 18.0 Å². The van der Waals surface area contributed by atoms with Gasteiger partial charge in [0.05, 0.1) is 23.4 Å². The van der Waals surface area contributed by atoms with Crippen molar-refractivity contribution in [3.8, 4) is 0 Å². The van der Waals surface area contributed by atoms with Gasteiger partial charge < -0.3 is 14.2 Å². The lowest BCUT2D eigenvalue weighted by Crippen LogP contribution is -2.43. The van der Waals surface area contributed by atoms with Gasteiger partial charge >= 0.3 is 0 Å². The molecule has 2 heterocycles. The van der Waals surface area contributed by atoms with Crippen LogP contribution in [0.15, 0.2) is 41.9 Å². The molecule has 1 aromatic heterocycles. The average Bonchev–Trinajstić information content (AvgIpc) is 2.99. The minimum atomic E-state index is -3.90. The summed E-state index contributed by atoms with van der Waals surface area (Å²) in [5.74, 6) is -2.81. The molecule has 1 saturated heterocycles. The minimum absolute atomic E-state index is 0.357. The second kappa shape index (κ2) is 8.80. The fraction of sp³-hybridized carbons (Fsp3) is 0.389. The van der Waals surface area contributed by atoms with Crippen LogP contribution in [-0.4, -0.2) is 67.5 Å². The molecule has 0 bridgehead atoms. The topological polar surface area (TPSA) is 98.0 Å². The largest absolute Gasteiger partial charge is 0.378 e. The summed E-state index contributed by atoms with van der Waals surface area (Å²) in [7, 11) is -3.90. The van der Waals surface area contributed by atoms with Crippen molar-refractivity contribution in [3.63, 3.8) is 0 Å². The van der Waals surface area contributed by atoms with Crippen LogP contribution in [0.1, 0.15) is 0 Å². The molecule has 0 unspecified atom stereocenters. The summed E-state index contributed by atoms with van der Waals surface area (Å²) in [5, 5.41) is 0. The third-order valence-electron chi connectivity index (χ3n) is 4.17. The molecule has 0 spiro atoms. The Labute approximate surface area is 166 Å². The molecule has 1 aliphatic heterocycles. The molecule has 3 rings (SSSR count). The van der Waals surface area contributed by atoms with Crippen LogP contribution < -0.4 is 4.80 Å². The normalized spacial score (nSPS) is 15.7. The number of carbonyl (C=O) groups is 2. The Morgan fingerprint density at radius 2 is 1.93 bits per heavy atom. The lowest BCUT2D eigenvalue weighted by atomic mass is 10.3. The van der Waals surface area contributed by atoms with E-state index in [0.29, 0.717) is 37.6 Å². The third-order valence-corrected chi connectivity index (χ3v) is 6.60. The molecule has 0 aliphatic carbocycles. The number of hydrogen-bond donors (Lipinski definition) is 0. The number of rotatable bonds is 6. The quantitative estimate of drug-likeness (QED) is 0.634. The molecule has 0 atom stereocenters. The van der Waals surface area contributed by atoms with Crippen molar-refractivity contribution in [2.45, 2.75) is 6.54 Å². The predicted molar refractivity (Wildman–Crippen MR) is 107 cm³/mol. The number of morpholine rings is 1. The third kappa shape index (κ3) is 4.94. The highest BCUT2D eigenvalue weighted by Crippen LogP contribution is 2.16. The minimum Gasteiger partial charge on any atom is -0.378 e. The smallest absolute Gasteiger partial charge is 0.263 e. The predicted octanol–water partition coefficient (Wildman–Crippen LogP) is 0.590. The van der Waals surface area contributed by atoms with E-state index in [0.717, 1.165) is 10.2 Å². The van der Waals surface area contributed by atoms with Gasteiger partial charge in [0, 0.05) is 19.6 Å². The second-order valence-corrected chi connectivity index (χ2v) is 9.36. The van der Waals surface area contributed by atoms with Crippen molar-refractivity contribution in [2.75, 3.05) is 37.8 Å². The summed E-state index contributed by atoms with van der Waals surface area (Å²) >= 11 is 1.30. The number of allylic oxidation sites excluding steroid dienone is 1. The maximum absolute atomic E-state index is 12.3. The number of benzene rings is 1. The van der Waals surface area contributed by atoms with E-state index in [4.69, 9.17) is 4.74 Å². The summed E-state index contributed by atoms with van der Waals surface area (Å²) < 4.78 is 32.5. The first-order valence-corrected chi connectivity index (χ1v) is 11.4. The summed E-state index contributed by atoms with van der Waals surface area (Å²) in [6, 6.07) is 7.56. The Hall–Kier alpha value is -2.30. The molecule has 1 aliphatic rings. The zero-order valence-corrected chi connectivity index (χ0v) is 16.9. The number of para-hydroxylation sites is 1.